The number of fused-ring (bicyclic) bond motifs is 1. The Kier molecular flexibility index (Phi) is 12.4. The van der Waals surface area contributed by atoms with Crippen LogP contribution in [0, 0.1) is 5.92 Å². The van der Waals surface area contributed by atoms with E-state index in [1.54, 1.807) is 24.3 Å². The van der Waals surface area contributed by atoms with Crippen LogP contribution in [-0.4, -0.2) is 89.9 Å². The normalized spacial score (nSPS) is 25.8. The van der Waals surface area contributed by atoms with Crippen LogP contribution in [-0.2, 0) is 47.0 Å². The Morgan fingerprint density at radius 2 is 1.71 bits per heavy atom. The fourth-order valence-electron chi connectivity index (χ4n) is 7.91. The first-order valence-corrected chi connectivity index (χ1v) is 21.2. The van der Waals surface area contributed by atoms with Gasteiger partial charge in [0.05, 0.1) is 30.2 Å². The number of nitrogens with zero attached hydrogens (tertiary/aromatic N) is 2. The molecule has 11 nitrogen and oxygen atoms in total. The van der Waals surface area contributed by atoms with Gasteiger partial charge in [0.1, 0.15) is 11.5 Å². The molecule has 3 heterocycles. The zero-order valence-corrected chi connectivity index (χ0v) is 33.0. The third-order valence-electron chi connectivity index (χ3n) is 9.74. The molecular weight excluding hydrogens is 758 g/mol. The lowest BCUT2D eigenvalue weighted by molar-refractivity contribution is -0.152. The van der Waals surface area contributed by atoms with E-state index in [1.165, 1.54) is 19.4 Å². The van der Waals surface area contributed by atoms with Crippen LogP contribution in [0.3, 0.4) is 0 Å². The van der Waals surface area contributed by atoms with Crippen molar-refractivity contribution in [1.82, 2.24) is 9.80 Å². The summed E-state index contributed by atoms with van der Waals surface area (Å²) in [5.74, 6) is 0.0368. The van der Waals surface area contributed by atoms with Crippen molar-refractivity contribution in [3.05, 3.63) is 70.8 Å². The number of benzene rings is 2. The van der Waals surface area contributed by atoms with Gasteiger partial charge in [0.15, 0.2) is 17.6 Å². The Labute approximate surface area is 318 Å². The number of imide groups is 1. The van der Waals surface area contributed by atoms with Crippen LogP contribution in [0.15, 0.2) is 48.6 Å². The minimum atomic E-state index is -2.67. The van der Waals surface area contributed by atoms with Gasteiger partial charge in [0.25, 0.3) is 11.8 Å². The third kappa shape index (κ3) is 7.13. The van der Waals surface area contributed by atoms with E-state index in [0.717, 1.165) is 41.2 Å². The van der Waals surface area contributed by atoms with Gasteiger partial charge in [-0.25, -0.2) is 0 Å². The second kappa shape index (κ2) is 15.9. The minimum Gasteiger partial charge on any atom is -0.481 e. The molecule has 2 aromatic rings. The zero-order valence-electron chi connectivity index (χ0n) is 28.9. The van der Waals surface area contributed by atoms with Crippen molar-refractivity contribution in [2.24, 2.45) is 5.92 Å². The molecule has 0 aromatic heterocycles. The predicted molar refractivity (Wildman–Crippen MR) is 201 cm³/mol. The summed E-state index contributed by atoms with van der Waals surface area (Å²) >= 11 is 12.6. The first kappa shape index (κ1) is 39.7. The third-order valence-corrected chi connectivity index (χ3v) is 15.8. The number of likely N-dealkylation sites (tertiary alicyclic amines) is 1. The maximum absolute atomic E-state index is 12.5. The number of carbonyl (C=O) groups excluding carboxylic acids is 4. The van der Waals surface area contributed by atoms with Crippen LogP contribution in [0.2, 0.25) is 0 Å². The van der Waals surface area contributed by atoms with Crippen molar-refractivity contribution in [3.8, 4) is 11.5 Å². The van der Waals surface area contributed by atoms with E-state index in [9.17, 15) is 19.2 Å². The Bertz CT molecular complexity index is 1750. The summed E-state index contributed by atoms with van der Waals surface area (Å²) in [6, 6.07) is 11.0. The number of likely N-dealkylation sites (N-methyl/N-ethyl adjacent to an activating group) is 1. The number of alkyl halides is 1. The average molecular weight is 800 g/mol. The molecule has 1 saturated heterocycles. The number of ether oxygens (including phenoxy) is 3. The van der Waals surface area contributed by atoms with Gasteiger partial charge in [-0.05, 0) is 93.3 Å². The van der Waals surface area contributed by atoms with Crippen molar-refractivity contribution in [2.45, 2.75) is 69.6 Å². The zero-order chi connectivity index (χ0) is 36.0. The highest BCUT2D eigenvalue weighted by Gasteiger charge is 2.65. The molecule has 16 heteroatoms. The summed E-state index contributed by atoms with van der Waals surface area (Å²) < 4.78 is 28.6. The van der Waals surface area contributed by atoms with Crippen LogP contribution in [0.4, 0.5) is 0 Å². The van der Waals surface area contributed by atoms with E-state index >= 15 is 0 Å². The van der Waals surface area contributed by atoms with Crippen LogP contribution in [0.25, 0.3) is 0 Å². The molecule has 3 aliphatic heterocycles. The molecule has 7 rings (SSSR count). The molecule has 2 aromatic carbocycles. The van der Waals surface area contributed by atoms with Gasteiger partial charge in [-0.1, -0.05) is 24.3 Å². The Balaban J connectivity index is 0.000000197. The minimum absolute atomic E-state index is 0. The predicted octanol–water partition coefficient (Wildman–Crippen LogP) is 6.29. The van der Waals surface area contributed by atoms with E-state index in [2.05, 4.69) is 24.1 Å². The summed E-state index contributed by atoms with van der Waals surface area (Å²) in [4.78, 5) is 51.9. The molecule has 1 spiro atoms. The van der Waals surface area contributed by atoms with Crippen molar-refractivity contribution >= 4 is 76.6 Å². The lowest BCUT2D eigenvalue weighted by Gasteiger charge is -2.56. The second-order valence-electron chi connectivity index (χ2n) is 12.6. The molecule has 2 bridgehead atoms. The van der Waals surface area contributed by atoms with Gasteiger partial charge in [-0.3, -0.25) is 24.1 Å². The summed E-state index contributed by atoms with van der Waals surface area (Å²) in [7, 11) is 2.17. The van der Waals surface area contributed by atoms with Gasteiger partial charge >= 0.3 is 11.9 Å². The number of carbonyl (C=O) groups is 4. The van der Waals surface area contributed by atoms with E-state index in [0.29, 0.717) is 41.9 Å². The standard InChI is InChI=1S/C21H23NO5.C14H17ClNO4PS2.ClH/c1-11(23)25-16-6-4-13-10-15-14-5-7-17(26-12(2)24)20-21(14,8-9-22(15)3)18(13)19(16)27-20;1-3-19-21(22,20-4-2)23-12(9-15)16-13(17)10-7-5-6-8-11(10)14(16)18;/h4-7,14-15,17,20H,8-10H2,1-3H3;5-8,12H,3-4,9H2,1-2H3;1H/t14-,15+,17-,20-,21-;;/m0../s1. The Morgan fingerprint density at radius 3 is 2.27 bits per heavy atom. The molecule has 1 fully saturated rings. The van der Waals surface area contributed by atoms with E-state index < -0.39 is 17.2 Å². The maximum Gasteiger partial charge on any atom is 0.308 e. The van der Waals surface area contributed by atoms with Crippen molar-refractivity contribution in [3.63, 3.8) is 0 Å². The molecule has 1 unspecified atom stereocenters. The maximum atomic E-state index is 12.5. The first-order valence-electron chi connectivity index (χ1n) is 16.6. The highest BCUT2D eigenvalue weighted by molar-refractivity contribution is 8.68. The Morgan fingerprint density at radius 1 is 1.06 bits per heavy atom. The van der Waals surface area contributed by atoms with Crippen molar-refractivity contribution < 1.29 is 42.4 Å². The first-order chi connectivity index (χ1) is 23.9. The molecule has 2 aliphatic carbocycles. The number of rotatable bonds is 10. The highest BCUT2D eigenvalue weighted by atomic mass is 35.5. The summed E-state index contributed by atoms with van der Waals surface area (Å²) in [5, 5.41) is -0.631. The summed E-state index contributed by atoms with van der Waals surface area (Å²) in [5.41, 5.74) is 0.247. The number of amides is 2. The summed E-state index contributed by atoms with van der Waals surface area (Å²) in [6.45, 7) is 8.19. The molecule has 2 amide bonds. The van der Waals surface area contributed by atoms with E-state index in [-0.39, 0.29) is 59.5 Å². The lowest BCUT2D eigenvalue weighted by Crippen LogP contribution is -2.65. The van der Waals surface area contributed by atoms with Crippen molar-refractivity contribution in [2.75, 3.05) is 32.7 Å². The van der Waals surface area contributed by atoms with Crippen LogP contribution in [0.5, 0.6) is 11.5 Å². The molecule has 0 saturated carbocycles. The van der Waals surface area contributed by atoms with Crippen LogP contribution < -0.4 is 9.47 Å². The number of hydrogen-bond donors (Lipinski definition) is 0. The monoisotopic (exact) mass is 798 g/mol. The molecule has 0 radical (unpaired) electrons. The molecule has 6 atom stereocenters. The van der Waals surface area contributed by atoms with Gasteiger partial charge in [0.2, 0.25) is 5.69 Å². The van der Waals surface area contributed by atoms with Gasteiger partial charge in [-0.15, -0.1) is 24.0 Å². The quantitative estimate of drug-likeness (QED) is 0.0671. The molecule has 51 heavy (non-hydrogen) atoms. The van der Waals surface area contributed by atoms with Crippen LogP contribution in [0.1, 0.15) is 66.0 Å². The molecular formula is C35H41Cl2N2O9PS2. The van der Waals surface area contributed by atoms with E-state index in [4.69, 9.17) is 46.7 Å². The lowest BCUT2D eigenvalue weighted by atomic mass is 9.53. The topological polar surface area (TPSA) is 121 Å². The van der Waals surface area contributed by atoms with Crippen LogP contribution >= 0.6 is 41.1 Å². The average Bonchev–Trinajstić information content (AvgIpc) is 3.55. The molecule has 0 N–H and O–H groups in total. The number of piperidine rings is 1. The number of halogens is 2. The fraction of sp³-hybridized carbons (Fsp3) is 0.486. The SMILES string of the molecule is CC(=O)Oc1ccc2c3c1O[C@H]1[C@@H](OC(C)=O)C=C[C@H]4[C@@H](C2)N(C)CC[C@@]341.CCOP(=S)(OCC)SC(CCl)N1C(=O)c2ccccc2C1=O.Cl. The highest BCUT2D eigenvalue weighted by Crippen LogP contribution is 2.64. The number of hydrogen-bond acceptors (Lipinski definition) is 12. The largest absolute Gasteiger partial charge is 0.481 e. The van der Waals surface area contributed by atoms with Gasteiger partial charge < -0.3 is 28.2 Å². The summed E-state index contributed by atoms with van der Waals surface area (Å²) in [6.07, 6.45) is 5.31. The van der Waals surface area contributed by atoms with Crippen molar-refractivity contribution in [1.29, 1.82) is 0 Å². The molecule has 5 aliphatic rings. The fourth-order valence-corrected chi connectivity index (χ4v) is 13.9. The Hall–Kier alpha value is -2.48. The number of esters is 2. The second-order valence-corrected chi connectivity index (χ2v) is 19.3. The van der Waals surface area contributed by atoms with E-state index in [1.807, 2.05) is 26.0 Å². The van der Waals surface area contributed by atoms with Gasteiger partial charge in [0, 0.05) is 36.8 Å². The molecule has 276 valence electrons. The smallest absolute Gasteiger partial charge is 0.308 e. The van der Waals surface area contributed by atoms with Gasteiger partial charge in [-0.2, -0.15) is 0 Å².